The number of hydrogen-bond donors (Lipinski definition) is 0. The maximum absolute atomic E-state index is 12.8. The van der Waals surface area contributed by atoms with Gasteiger partial charge in [0, 0.05) is 5.56 Å². The summed E-state index contributed by atoms with van der Waals surface area (Å²) in [5.41, 5.74) is 0.229. The number of ketones is 1. The third-order valence-electron chi connectivity index (χ3n) is 3.03. The minimum atomic E-state index is -4.93. The Morgan fingerprint density at radius 3 is 2.30 bits per heavy atom. The van der Waals surface area contributed by atoms with Crippen molar-refractivity contribution >= 4 is 28.7 Å². The highest BCUT2D eigenvalue weighted by molar-refractivity contribution is 6.14. The van der Waals surface area contributed by atoms with E-state index < -0.39 is 12.0 Å². The molecule has 0 fully saturated rings. The first-order valence-corrected chi connectivity index (χ1v) is 5.82. The molecule has 0 amide bonds. The average molecular weight is 276 g/mol. The molecular weight excluding hydrogens is 265 g/mol. The number of benzene rings is 2. The summed E-state index contributed by atoms with van der Waals surface area (Å²) in [6, 6.07) is 8.13. The molecule has 0 N–H and O–H groups in total. The molecule has 0 atom stereocenters. The molecule has 0 heterocycles. The Hall–Kier alpha value is -2.36. The van der Waals surface area contributed by atoms with Gasteiger partial charge in [-0.3, -0.25) is 4.79 Å². The lowest BCUT2D eigenvalue weighted by molar-refractivity contribution is -0.0884. The largest absolute Gasteiger partial charge is 0.454 e. The second-order valence-electron chi connectivity index (χ2n) is 4.21. The number of fused-ring (bicyclic) bond motifs is 1. The number of alkyl halides is 3. The van der Waals surface area contributed by atoms with Crippen LogP contribution in [0, 0.1) is 0 Å². The minimum Gasteiger partial charge on any atom is -0.284 e. The second-order valence-corrected chi connectivity index (χ2v) is 4.21. The molecule has 2 aromatic carbocycles. The van der Waals surface area contributed by atoms with Crippen LogP contribution >= 0.6 is 0 Å². The first kappa shape index (κ1) is 14.1. The lowest BCUT2D eigenvalue weighted by Gasteiger charge is -2.14. The summed E-state index contributed by atoms with van der Waals surface area (Å²) in [5, 5.41) is 0.816. The summed E-state index contributed by atoms with van der Waals surface area (Å²) < 4.78 is 38.4. The highest BCUT2D eigenvalue weighted by Crippen LogP contribution is 2.32. The molecule has 0 unspecified atom stereocenters. The molecular formula is C16H11F3O. The molecule has 1 nitrogen and oxygen atoms in total. The minimum absolute atomic E-state index is 0.154. The Kier molecular flexibility index (Phi) is 3.49. The number of carbonyl (C=O) groups is 1. The van der Waals surface area contributed by atoms with Gasteiger partial charge in [0.2, 0.25) is 0 Å². The van der Waals surface area contributed by atoms with Crippen molar-refractivity contribution in [2.45, 2.75) is 6.18 Å². The van der Waals surface area contributed by atoms with Crippen LogP contribution in [-0.2, 0) is 0 Å². The summed E-state index contributed by atoms with van der Waals surface area (Å²) in [5.74, 6) is -1.87. The molecule has 0 bridgehead atoms. The first-order valence-electron chi connectivity index (χ1n) is 5.82. The van der Waals surface area contributed by atoms with Gasteiger partial charge in [-0.25, -0.2) is 0 Å². The van der Waals surface area contributed by atoms with Crippen molar-refractivity contribution in [1.82, 2.24) is 0 Å². The van der Waals surface area contributed by atoms with E-state index in [0.717, 1.165) is 0 Å². The fraction of sp³-hybridized carbons (Fsp3) is 0.0625. The van der Waals surface area contributed by atoms with Crippen molar-refractivity contribution < 1.29 is 18.0 Å². The predicted molar refractivity (Wildman–Crippen MR) is 74.5 cm³/mol. The smallest absolute Gasteiger partial charge is 0.284 e. The van der Waals surface area contributed by atoms with Gasteiger partial charge in [-0.15, -0.1) is 0 Å². The Morgan fingerprint density at radius 1 is 1.10 bits per heavy atom. The van der Waals surface area contributed by atoms with Crippen molar-refractivity contribution in [3.63, 3.8) is 0 Å². The third kappa shape index (κ3) is 2.25. The fourth-order valence-corrected chi connectivity index (χ4v) is 2.16. The molecule has 0 spiro atoms. The zero-order chi connectivity index (χ0) is 14.9. The van der Waals surface area contributed by atoms with Gasteiger partial charge in [-0.05, 0) is 28.0 Å². The molecule has 2 aromatic rings. The monoisotopic (exact) mass is 276 g/mol. The van der Waals surface area contributed by atoms with E-state index in [0.29, 0.717) is 10.9 Å². The highest BCUT2D eigenvalue weighted by atomic mass is 19.4. The van der Waals surface area contributed by atoms with Gasteiger partial charge in [0.1, 0.15) is 0 Å². The summed E-state index contributed by atoms with van der Waals surface area (Å²) >= 11 is 0. The van der Waals surface area contributed by atoms with Crippen molar-refractivity contribution in [2.24, 2.45) is 0 Å². The maximum Gasteiger partial charge on any atom is 0.454 e. The molecule has 0 saturated heterocycles. The molecule has 2 rings (SSSR count). The number of rotatable bonds is 3. The molecule has 0 radical (unpaired) electrons. The fourth-order valence-electron chi connectivity index (χ4n) is 2.16. The molecule has 0 saturated carbocycles. The van der Waals surface area contributed by atoms with Crippen LogP contribution in [0.4, 0.5) is 13.2 Å². The SMILES string of the molecule is C=Cc1cc2ccccc2c(C(=O)C(F)(F)F)c1C=C. The van der Waals surface area contributed by atoms with Gasteiger partial charge in [0.25, 0.3) is 5.78 Å². The summed E-state index contributed by atoms with van der Waals surface area (Å²) in [7, 11) is 0. The zero-order valence-corrected chi connectivity index (χ0v) is 10.5. The molecule has 0 aliphatic heterocycles. The number of carbonyl (C=O) groups excluding carboxylic acids is 1. The number of hydrogen-bond acceptors (Lipinski definition) is 1. The van der Waals surface area contributed by atoms with E-state index in [4.69, 9.17) is 0 Å². The lowest BCUT2D eigenvalue weighted by Crippen LogP contribution is -2.24. The Bertz CT molecular complexity index is 711. The van der Waals surface area contributed by atoms with E-state index in [1.165, 1.54) is 18.2 Å². The van der Waals surface area contributed by atoms with Crippen molar-refractivity contribution in [2.75, 3.05) is 0 Å². The van der Waals surface area contributed by atoms with E-state index in [1.54, 1.807) is 24.3 Å². The van der Waals surface area contributed by atoms with E-state index in [-0.39, 0.29) is 16.5 Å². The Morgan fingerprint density at radius 2 is 1.75 bits per heavy atom. The quantitative estimate of drug-likeness (QED) is 0.731. The summed E-state index contributed by atoms with van der Waals surface area (Å²) in [6.07, 6.45) is -2.26. The standard InChI is InChI=1S/C16H11F3O/c1-3-10-9-11-7-5-6-8-13(11)14(12(10)4-2)15(20)16(17,18)19/h3-9H,1-2H2. The van der Waals surface area contributed by atoms with Gasteiger partial charge in [-0.1, -0.05) is 49.6 Å². The highest BCUT2D eigenvalue weighted by Gasteiger charge is 2.41. The second kappa shape index (κ2) is 4.96. The number of halogens is 3. The van der Waals surface area contributed by atoms with Crippen LogP contribution in [0.25, 0.3) is 22.9 Å². The van der Waals surface area contributed by atoms with Gasteiger partial charge >= 0.3 is 6.18 Å². The molecule has 0 aliphatic carbocycles. The van der Waals surface area contributed by atoms with Crippen molar-refractivity contribution in [3.05, 3.63) is 60.2 Å². The average Bonchev–Trinajstić information content (AvgIpc) is 2.43. The van der Waals surface area contributed by atoms with Crippen LogP contribution in [0.2, 0.25) is 0 Å². The lowest BCUT2D eigenvalue weighted by atomic mass is 9.91. The van der Waals surface area contributed by atoms with E-state index >= 15 is 0 Å². The van der Waals surface area contributed by atoms with Crippen LogP contribution in [0.1, 0.15) is 21.5 Å². The van der Waals surface area contributed by atoms with Crippen LogP contribution in [-0.4, -0.2) is 12.0 Å². The van der Waals surface area contributed by atoms with Crippen LogP contribution in [0.3, 0.4) is 0 Å². The van der Waals surface area contributed by atoms with E-state index in [9.17, 15) is 18.0 Å². The molecule has 0 aromatic heterocycles. The van der Waals surface area contributed by atoms with E-state index in [1.807, 2.05) is 0 Å². The van der Waals surface area contributed by atoms with Gasteiger partial charge < -0.3 is 0 Å². The third-order valence-corrected chi connectivity index (χ3v) is 3.03. The van der Waals surface area contributed by atoms with Gasteiger partial charge in [-0.2, -0.15) is 13.2 Å². The van der Waals surface area contributed by atoms with Crippen molar-refractivity contribution in [3.8, 4) is 0 Å². The van der Waals surface area contributed by atoms with Crippen LogP contribution < -0.4 is 0 Å². The molecule has 4 heteroatoms. The predicted octanol–water partition coefficient (Wildman–Crippen LogP) is 4.87. The Labute approximate surface area is 114 Å². The zero-order valence-electron chi connectivity index (χ0n) is 10.5. The number of Topliss-reactive ketones (excluding diaryl/α,β-unsaturated/α-hetero) is 1. The molecule has 102 valence electrons. The van der Waals surface area contributed by atoms with Gasteiger partial charge in [0.15, 0.2) is 0 Å². The van der Waals surface area contributed by atoms with Crippen LogP contribution in [0.5, 0.6) is 0 Å². The maximum atomic E-state index is 12.8. The normalized spacial score (nSPS) is 11.3. The van der Waals surface area contributed by atoms with Gasteiger partial charge in [0.05, 0.1) is 0 Å². The van der Waals surface area contributed by atoms with Crippen LogP contribution in [0.15, 0.2) is 43.5 Å². The summed E-state index contributed by atoms with van der Waals surface area (Å²) in [6.45, 7) is 7.07. The summed E-state index contributed by atoms with van der Waals surface area (Å²) in [4.78, 5) is 11.7. The molecule has 0 aliphatic rings. The first-order chi connectivity index (χ1) is 9.40. The van der Waals surface area contributed by atoms with Crippen molar-refractivity contribution in [1.29, 1.82) is 0 Å². The topological polar surface area (TPSA) is 17.1 Å². The Balaban J connectivity index is 2.94. The molecule has 20 heavy (non-hydrogen) atoms. The van der Waals surface area contributed by atoms with E-state index in [2.05, 4.69) is 13.2 Å².